The summed E-state index contributed by atoms with van der Waals surface area (Å²) in [5, 5.41) is 4.21. The van der Waals surface area contributed by atoms with E-state index in [-0.39, 0.29) is 5.78 Å². The number of ketones is 1. The molecule has 0 amide bonds. The van der Waals surface area contributed by atoms with Crippen molar-refractivity contribution in [2.75, 3.05) is 5.73 Å². The van der Waals surface area contributed by atoms with Crippen LogP contribution in [0.5, 0.6) is 0 Å². The molecular formula is C14H16BrN3O. The predicted molar refractivity (Wildman–Crippen MR) is 79.1 cm³/mol. The highest BCUT2D eigenvalue weighted by Gasteiger charge is 2.17. The van der Waals surface area contributed by atoms with E-state index >= 15 is 0 Å². The fraction of sp³-hybridized carbons (Fsp3) is 0.286. The monoisotopic (exact) mass is 321 g/mol. The molecular weight excluding hydrogens is 306 g/mol. The first-order valence-corrected chi connectivity index (χ1v) is 7.00. The number of carbonyl (C=O) groups excluding carboxylic acids is 1. The Morgan fingerprint density at radius 1 is 1.47 bits per heavy atom. The zero-order valence-corrected chi connectivity index (χ0v) is 12.4. The number of halogens is 1. The van der Waals surface area contributed by atoms with E-state index < -0.39 is 0 Å². The number of benzene rings is 1. The minimum Gasteiger partial charge on any atom is -0.399 e. The Balaban J connectivity index is 2.22. The number of aryl methyl sites for hydroxylation is 1. The molecule has 1 aromatic carbocycles. The Labute approximate surface area is 120 Å². The van der Waals surface area contributed by atoms with Gasteiger partial charge < -0.3 is 5.73 Å². The van der Waals surface area contributed by atoms with Gasteiger partial charge in [0.2, 0.25) is 0 Å². The van der Waals surface area contributed by atoms with Crippen molar-refractivity contribution in [2.24, 2.45) is 0 Å². The number of rotatable bonds is 5. The summed E-state index contributed by atoms with van der Waals surface area (Å²) in [4.78, 5) is 12.4. The molecule has 2 aromatic rings. The Kier molecular flexibility index (Phi) is 4.37. The van der Waals surface area contributed by atoms with Crippen LogP contribution in [0.4, 0.5) is 5.69 Å². The van der Waals surface area contributed by atoms with Gasteiger partial charge in [-0.3, -0.25) is 9.48 Å². The second-order valence-corrected chi connectivity index (χ2v) is 5.26. The molecule has 1 heterocycles. The second-order valence-electron chi connectivity index (χ2n) is 4.41. The molecule has 0 aliphatic heterocycles. The van der Waals surface area contributed by atoms with Gasteiger partial charge in [-0.2, -0.15) is 5.10 Å². The van der Waals surface area contributed by atoms with Gasteiger partial charge in [0.15, 0.2) is 5.78 Å². The number of nitrogens with zero attached hydrogens (tertiary/aromatic N) is 2. The molecule has 0 atom stereocenters. The van der Waals surface area contributed by atoms with Crippen LogP contribution in [0.2, 0.25) is 0 Å². The number of carbonyl (C=O) groups is 1. The molecule has 0 saturated heterocycles. The van der Waals surface area contributed by atoms with E-state index in [1.165, 1.54) is 0 Å². The van der Waals surface area contributed by atoms with E-state index in [0.29, 0.717) is 17.8 Å². The van der Waals surface area contributed by atoms with Gasteiger partial charge in [-0.15, -0.1) is 0 Å². The molecule has 0 fully saturated rings. The fourth-order valence-corrected chi connectivity index (χ4v) is 2.51. The minimum absolute atomic E-state index is 0.0448. The van der Waals surface area contributed by atoms with Gasteiger partial charge >= 0.3 is 0 Å². The van der Waals surface area contributed by atoms with Crippen molar-refractivity contribution in [1.29, 1.82) is 0 Å². The van der Waals surface area contributed by atoms with E-state index in [2.05, 4.69) is 28.0 Å². The first-order chi connectivity index (χ1) is 9.11. The lowest BCUT2D eigenvalue weighted by molar-refractivity contribution is 0.0981. The van der Waals surface area contributed by atoms with Gasteiger partial charge in [-0.1, -0.05) is 19.1 Å². The van der Waals surface area contributed by atoms with Crippen molar-refractivity contribution < 1.29 is 4.79 Å². The van der Waals surface area contributed by atoms with Gasteiger partial charge in [0.05, 0.1) is 10.7 Å². The van der Waals surface area contributed by atoms with Crippen LogP contribution in [-0.4, -0.2) is 15.6 Å². The maximum absolute atomic E-state index is 12.4. The van der Waals surface area contributed by atoms with E-state index in [1.807, 2.05) is 24.3 Å². The van der Waals surface area contributed by atoms with Gasteiger partial charge in [0.25, 0.3) is 0 Å². The van der Waals surface area contributed by atoms with Crippen molar-refractivity contribution in [1.82, 2.24) is 9.78 Å². The summed E-state index contributed by atoms with van der Waals surface area (Å²) < 4.78 is 2.49. The number of nitrogens with two attached hydrogens (primary N) is 1. The molecule has 0 bridgehead atoms. The maximum atomic E-state index is 12.4. The van der Waals surface area contributed by atoms with Crippen LogP contribution in [0, 0.1) is 0 Å². The lowest BCUT2D eigenvalue weighted by Gasteiger charge is -2.06. The van der Waals surface area contributed by atoms with Crippen LogP contribution in [0.25, 0.3) is 0 Å². The van der Waals surface area contributed by atoms with E-state index in [9.17, 15) is 4.79 Å². The number of nitrogen functional groups attached to an aromatic ring is 1. The molecule has 0 spiro atoms. The Morgan fingerprint density at radius 3 is 2.95 bits per heavy atom. The SMILES string of the molecule is CCCn1ncc(Br)c1C(=O)Cc1cccc(N)c1. The van der Waals surface area contributed by atoms with Gasteiger partial charge in [0.1, 0.15) is 5.69 Å². The summed E-state index contributed by atoms with van der Waals surface area (Å²) in [6.45, 7) is 2.80. The highest BCUT2D eigenvalue weighted by atomic mass is 79.9. The molecule has 100 valence electrons. The molecule has 0 saturated carbocycles. The topological polar surface area (TPSA) is 60.9 Å². The number of hydrogen-bond donors (Lipinski definition) is 1. The maximum Gasteiger partial charge on any atom is 0.186 e. The lowest BCUT2D eigenvalue weighted by Crippen LogP contribution is -2.13. The Hall–Kier alpha value is -1.62. The molecule has 19 heavy (non-hydrogen) atoms. The van der Waals surface area contributed by atoms with Crippen molar-refractivity contribution in [2.45, 2.75) is 26.3 Å². The first-order valence-electron chi connectivity index (χ1n) is 6.20. The summed E-state index contributed by atoms with van der Waals surface area (Å²) in [6, 6.07) is 7.40. The van der Waals surface area contributed by atoms with Crippen LogP contribution < -0.4 is 5.73 Å². The Morgan fingerprint density at radius 2 is 2.26 bits per heavy atom. The smallest absolute Gasteiger partial charge is 0.186 e. The van der Waals surface area contributed by atoms with Crippen LogP contribution >= 0.6 is 15.9 Å². The zero-order valence-electron chi connectivity index (χ0n) is 10.8. The Bertz CT molecular complexity index is 592. The van der Waals surface area contributed by atoms with Crippen molar-refractivity contribution in [3.63, 3.8) is 0 Å². The summed E-state index contributed by atoms with van der Waals surface area (Å²) in [7, 11) is 0. The predicted octanol–water partition coefficient (Wildman–Crippen LogP) is 3.06. The van der Waals surface area contributed by atoms with Crippen LogP contribution in [-0.2, 0) is 13.0 Å². The van der Waals surface area contributed by atoms with Crippen LogP contribution in [0.1, 0.15) is 29.4 Å². The van der Waals surface area contributed by atoms with Crippen molar-refractivity contribution in [3.05, 3.63) is 46.2 Å². The molecule has 4 nitrogen and oxygen atoms in total. The number of aromatic nitrogens is 2. The standard InChI is InChI=1S/C14H16BrN3O/c1-2-6-18-14(12(15)9-17-18)13(19)8-10-4-3-5-11(16)7-10/h3-5,7,9H,2,6,8,16H2,1H3. The number of hydrogen-bond acceptors (Lipinski definition) is 3. The largest absolute Gasteiger partial charge is 0.399 e. The molecule has 2 N–H and O–H groups in total. The normalized spacial score (nSPS) is 10.6. The summed E-state index contributed by atoms with van der Waals surface area (Å²) >= 11 is 3.39. The summed E-state index contributed by atoms with van der Waals surface area (Å²) in [5.74, 6) is 0.0448. The third kappa shape index (κ3) is 3.23. The summed E-state index contributed by atoms with van der Waals surface area (Å²) in [5.41, 5.74) is 7.94. The zero-order chi connectivity index (χ0) is 13.8. The van der Waals surface area contributed by atoms with Crippen molar-refractivity contribution in [3.8, 4) is 0 Å². The highest BCUT2D eigenvalue weighted by Crippen LogP contribution is 2.19. The molecule has 2 rings (SSSR count). The van der Waals surface area contributed by atoms with E-state index in [4.69, 9.17) is 5.73 Å². The number of Topliss-reactive ketones (excluding diaryl/α,β-unsaturated/α-hetero) is 1. The molecule has 0 radical (unpaired) electrons. The molecule has 5 heteroatoms. The molecule has 0 aliphatic rings. The van der Waals surface area contributed by atoms with Gasteiger partial charge in [-0.25, -0.2) is 0 Å². The lowest BCUT2D eigenvalue weighted by atomic mass is 10.1. The van der Waals surface area contributed by atoms with E-state index in [0.717, 1.165) is 23.0 Å². The fourth-order valence-electron chi connectivity index (χ4n) is 1.99. The van der Waals surface area contributed by atoms with Gasteiger partial charge in [-0.05, 0) is 40.0 Å². The second kappa shape index (κ2) is 6.02. The quantitative estimate of drug-likeness (QED) is 0.680. The first kappa shape index (κ1) is 13.8. The highest BCUT2D eigenvalue weighted by molar-refractivity contribution is 9.10. The van der Waals surface area contributed by atoms with E-state index in [1.54, 1.807) is 10.9 Å². The number of anilines is 1. The molecule has 0 aliphatic carbocycles. The van der Waals surface area contributed by atoms with Gasteiger partial charge in [0, 0.05) is 18.7 Å². The minimum atomic E-state index is 0.0448. The average molecular weight is 322 g/mol. The summed E-state index contributed by atoms with van der Waals surface area (Å²) in [6.07, 6.45) is 2.94. The third-order valence-electron chi connectivity index (χ3n) is 2.81. The van der Waals surface area contributed by atoms with Crippen LogP contribution in [0.3, 0.4) is 0 Å². The molecule has 1 aromatic heterocycles. The average Bonchev–Trinajstić information content (AvgIpc) is 2.71. The third-order valence-corrected chi connectivity index (χ3v) is 3.39. The molecule has 0 unspecified atom stereocenters. The van der Waals surface area contributed by atoms with Crippen molar-refractivity contribution >= 4 is 27.4 Å². The van der Waals surface area contributed by atoms with Crippen LogP contribution in [0.15, 0.2) is 34.9 Å².